The maximum atomic E-state index is 13.7. The number of benzene rings is 3. The summed E-state index contributed by atoms with van der Waals surface area (Å²) >= 11 is 6.04. The van der Waals surface area contributed by atoms with Crippen LogP contribution < -0.4 is 5.56 Å². The molecule has 0 bridgehead atoms. The number of alkyl halides is 1. The monoisotopic (exact) mass is 455 g/mol. The molecule has 0 aliphatic rings. The summed E-state index contributed by atoms with van der Waals surface area (Å²) in [5.41, 5.74) is 2.22. The van der Waals surface area contributed by atoms with Crippen LogP contribution in [0.1, 0.15) is 11.4 Å². The van der Waals surface area contributed by atoms with E-state index in [9.17, 15) is 14.4 Å². The number of hydrogen-bond donors (Lipinski definition) is 0. The van der Waals surface area contributed by atoms with E-state index in [0.717, 1.165) is 0 Å². The Hall–Kier alpha value is -4.28. The molecule has 0 spiro atoms. The van der Waals surface area contributed by atoms with Gasteiger partial charge in [0.1, 0.15) is 18.6 Å². The Morgan fingerprint density at radius 3 is 2.18 bits per heavy atom. The van der Waals surface area contributed by atoms with Crippen LogP contribution in [0.4, 0.5) is 4.39 Å². The van der Waals surface area contributed by atoms with Crippen LogP contribution in [0.3, 0.4) is 0 Å². The minimum atomic E-state index is -0.594. The molecule has 160 valence electrons. The Kier molecular flexibility index (Phi) is 5.21. The van der Waals surface area contributed by atoms with E-state index in [4.69, 9.17) is 16.6 Å². The topological polar surface area (TPSA) is 76.5 Å². The predicted molar refractivity (Wildman–Crippen MR) is 124 cm³/mol. The van der Waals surface area contributed by atoms with Gasteiger partial charge in [-0.2, -0.15) is 5.26 Å². The summed E-state index contributed by atoms with van der Waals surface area (Å²) in [6, 6.07) is 24.7. The minimum Gasteiger partial charge on any atom is -0.268 e. The number of para-hydroxylation sites is 1. The van der Waals surface area contributed by atoms with Gasteiger partial charge in [-0.1, -0.05) is 54.1 Å². The summed E-state index contributed by atoms with van der Waals surface area (Å²) in [7, 11) is 0. The van der Waals surface area contributed by atoms with Crippen LogP contribution in [0.25, 0.3) is 33.9 Å². The average molecular weight is 456 g/mol. The zero-order chi connectivity index (χ0) is 22.9. The molecule has 0 saturated carbocycles. The highest BCUT2D eigenvalue weighted by Crippen LogP contribution is 2.26. The van der Waals surface area contributed by atoms with E-state index >= 15 is 0 Å². The van der Waals surface area contributed by atoms with Gasteiger partial charge in [0.15, 0.2) is 11.2 Å². The largest absolute Gasteiger partial charge is 0.286 e. The van der Waals surface area contributed by atoms with Crippen molar-refractivity contribution in [3.63, 3.8) is 0 Å². The number of nitrogens with zero attached hydrogens (tertiary/aromatic N) is 5. The number of nitriles is 1. The minimum absolute atomic E-state index is 0.0494. The van der Waals surface area contributed by atoms with E-state index in [1.165, 1.54) is 4.57 Å². The summed E-state index contributed by atoms with van der Waals surface area (Å²) in [4.78, 5) is 22.8. The molecule has 6 nitrogen and oxygen atoms in total. The fourth-order valence-electron chi connectivity index (χ4n) is 3.67. The number of fused-ring (bicyclic) bond motifs is 1. The summed E-state index contributed by atoms with van der Waals surface area (Å²) in [5.74, 6) is 0.384. The van der Waals surface area contributed by atoms with Crippen LogP contribution in [0.2, 0.25) is 5.02 Å². The Bertz CT molecular complexity index is 1570. The number of halogens is 2. The molecule has 8 heteroatoms. The molecule has 0 amide bonds. The standard InChI is InChI=1S/C25H15ClFN5O/c26-18-10-12-20(13-11-18)32-23(17-8-6-16(14-27)7-9-17)30-24-22(25(32)33)29-21(15-28)31(24)19-4-2-1-3-5-19/h1-13H,14H2. The quantitative estimate of drug-likeness (QED) is 0.371. The lowest BCUT2D eigenvalue weighted by molar-refractivity contribution is 0.485. The molecule has 0 aliphatic carbocycles. The Morgan fingerprint density at radius 2 is 1.55 bits per heavy atom. The molecule has 2 aromatic heterocycles. The number of hydrogen-bond acceptors (Lipinski definition) is 4. The van der Waals surface area contributed by atoms with Crippen molar-refractivity contribution in [1.29, 1.82) is 5.26 Å². The fraction of sp³-hybridized carbons (Fsp3) is 0.0400. The van der Waals surface area contributed by atoms with Crippen molar-refractivity contribution < 1.29 is 4.39 Å². The first-order valence-corrected chi connectivity index (χ1v) is 10.4. The normalized spacial score (nSPS) is 10.9. The van der Waals surface area contributed by atoms with Crippen LogP contribution in [0, 0.1) is 11.3 Å². The van der Waals surface area contributed by atoms with Crippen LogP contribution in [-0.2, 0) is 6.67 Å². The maximum Gasteiger partial charge on any atom is 0.286 e. The summed E-state index contributed by atoms with van der Waals surface area (Å²) in [5, 5.41) is 10.2. The van der Waals surface area contributed by atoms with Crippen molar-refractivity contribution in [2.45, 2.75) is 6.67 Å². The number of rotatable bonds is 4. The van der Waals surface area contributed by atoms with Gasteiger partial charge in [0.2, 0.25) is 5.82 Å². The van der Waals surface area contributed by atoms with E-state index in [1.54, 1.807) is 53.1 Å². The first-order chi connectivity index (χ1) is 16.1. The Labute approximate surface area is 192 Å². The Balaban J connectivity index is 1.89. The third-order valence-electron chi connectivity index (χ3n) is 5.25. The van der Waals surface area contributed by atoms with E-state index in [-0.39, 0.29) is 17.0 Å². The Morgan fingerprint density at radius 1 is 0.879 bits per heavy atom. The van der Waals surface area contributed by atoms with Gasteiger partial charge in [-0.15, -0.1) is 0 Å². The molecule has 5 aromatic rings. The molecule has 0 unspecified atom stereocenters. The maximum absolute atomic E-state index is 13.7. The van der Waals surface area contributed by atoms with Crippen molar-refractivity contribution in [2.24, 2.45) is 0 Å². The lowest BCUT2D eigenvalue weighted by atomic mass is 10.1. The van der Waals surface area contributed by atoms with Gasteiger partial charge >= 0.3 is 0 Å². The molecule has 0 atom stereocenters. The van der Waals surface area contributed by atoms with E-state index in [2.05, 4.69) is 11.1 Å². The molecule has 3 aromatic carbocycles. The number of imidazole rings is 1. The van der Waals surface area contributed by atoms with Crippen molar-refractivity contribution in [3.8, 4) is 28.8 Å². The van der Waals surface area contributed by atoms with Crippen molar-refractivity contribution in [3.05, 3.63) is 106 Å². The molecule has 33 heavy (non-hydrogen) atoms. The summed E-state index contributed by atoms with van der Waals surface area (Å²) in [6.45, 7) is -0.594. The second-order valence-electron chi connectivity index (χ2n) is 7.27. The highest BCUT2D eigenvalue weighted by atomic mass is 35.5. The molecule has 2 heterocycles. The first kappa shape index (κ1) is 20.6. The van der Waals surface area contributed by atoms with Crippen LogP contribution in [0.5, 0.6) is 0 Å². The summed E-state index contributed by atoms with van der Waals surface area (Å²) < 4.78 is 16.1. The SMILES string of the molecule is N#Cc1nc2c(=O)n(-c3ccc(Cl)cc3)c(-c3ccc(CF)cc3)nc2n1-c1ccccc1. The average Bonchev–Trinajstić information content (AvgIpc) is 3.24. The van der Waals surface area contributed by atoms with Gasteiger partial charge < -0.3 is 0 Å². The highest BCUT2D eigenvalue weighted by Gasteiger charge is 2.22. The predicted octanol–water partition coefficient (Wildman–Crippen LogP) is 5.23. The van der Waals surface area contributed by atoms with Gasteiger partial charge in [0.05, 0.1) is 5.69 Å². The lowest BCUT2D eigenvalue weighted by Crippen LogP contribution is -2.22. The molecular formula is C25H15ClFN5O. The van der Waals surface area contributed by atoms with E-state index in [1.807, 2.05) is 30.3 Å². The first-order valence-electron chi connectivity index (χ1n) is 10.0. The highest BCUT2D eigenvalue weighted by molar-refractivity contribution is 6.30. The van der Waals surface area contributed by atoms with E-state index < -0.39 is 12.2 Å². The zero-order valence-corrected chi connectivity index (χ0v) is 17.9. The van der Waals surface area contributed by atoms with Gasteiger partial charge in [0, 0.05) is 16.3 Å². The molecule has 0 N–H and O–H groups in total. The second kappa shape index (κ2) is 8.34. The van der Waals surface area contributed by atoms with Crippen molar-refractivity contribution >= 4 is 22.8 Å². The zero-order valence-electron chi connectivity index (χ0n) is 17.1. The molecule has 0 fully saturated rings. The number of aromatic nitrogens is 4. The smallest absolute Gasteiger partial charge is 0.268 e. The summed E-state index contributed by atoms with van der Waals surface area (Å²) in [6.07, 6.45) is 0. The third-order valence-corrected chi connectivity index (χ3v) is 5.50. The third kappa shape index (κ3) is 3.56. The molecule has 5 rings (SSSR count). The molecular weight excluding hydrogens is 441 g/mol. The van der Waals surface area contributed by atoms with Gasteiger partial charge in [-0.25, -0.2) is 14.4 Å². The van der Waals surface area contributed by atoms with Gasteiger partial charge in [-0.05, 0) is 42.0 Å². The van der Waals surface area contributed by atoms with Crippen molar-refractivity contribution in [2.75, 3.05) is 0 Å². The lowest BCUT2D eigenvalue weighted by Gasteiger charge is -2.14. The molecule has 0 radical (unpaired) electrons. The van der Waals surface area contributed by atoms with Crippen LogP contribution >= 0.6 is 11.6 Å². The molecule has 0 aliphatic heterocycles. The van der Waals surface area contributed by atoms with Crippen molar-refractivity contribution in [1.82, 2.24) is 19.1 Å². The van der Waals surface area contributed by atoms with E-state index in [0.29, 0.717) is 33.3 Å². The van der Waals surface area contributed by atoms with Crippen LogP contribution in [-0.4, -0.2) is 19.1 Å². The van der Waals surface area contributed by atoms with Gasteiger partial charge in [0.25, 0.3) is 5.56 Å². The van der Waals surface area contributed by atoms with Crippen LogP contribution in [0.15, 0.2) is 83.7 Å². The molecule has 0 saturated heterocycles. The fourth-order valence-corrected chi connectivity index (χ4v) is 3.80. The second-order valence-corrected chi connectivity index (χ2v) is 7.71. The van der Waals surface area contributed by atoms with Gasteiger partial charge in [-0.3, -0.25) is 13.9 Å².